The summed E-state index contributed by atoms with van der Waals surface area (Å²) in [6.07, 6.45) is 0. The summed E-state index contributed by atoms with van der Waals surface area (Å²) in [7, 11) is 0. The second-order valence-corrected chi connectivity index (χ2v) is 7.36. The number of morpholine rings is 1. The molecular weight excluding hydrogens is 380 g/mol. The summed E-state index contributed by atoms with van der Waals surface area (Å²) in [6, 6.07) is 15.1. The first-order chi connectivity index (χ1) is 14.7. The summed E-state index contributed by atoms with van der Waals surface area (Å²) in [5, 5.41) is 0. The van der Waals surface area contributed by atoms with Crippen LogP contribution in [0.25, 0.3) is 22.5 Å². The zero-order valence-electron chi connectivity index (χ0n) is 16.5. The Kier molecular flexibility index (Phi) is 4.90. The molecule has 1 fully saturated rings. The zero-order chi connectivity index (χ0) is 20.5. The van der Waals surface area contributed by atoms with Gasteiger partial charge >= 0.3 is 0 Å². The summed E-state index contributed by atoms with van der Waals surface area (Å²) < 4.78 is 11.3. The number of fused-ring (bicyclic) bond motifs is 3. The van der Waals surface area contributed by atoms with Gasteiger partial charge in [-0.05, 0) is 18.2 Å². The van der Waals surface area contributed by atoms with E-state index in [-0.39, 0.29) is 11.7 Å². The van der Waals surface area contributed by atoms with E-state index >= 15 is 0 Å². The van der Waals surface area contributed by atoms with Crippen LogP contribution < -0.4 is 10.5 Å². The van der Waals surface area contributed by atoms with Crippen LogP contribution in [0.5, 0.6) is 5.75 Å². The maximum Gasteiger partial charge on any atom is 0.221 e. The number of rotatable bonds is 5. The third kappa shape index (κ3) is 3.42. The largest absolute Gasteiger partial charge is 0.492 e. The molecule has 7 nitrogen and oxygen atoms in total. The van der Waals surface area contributed by atoms with E-state index in [0.29, 0.717) is 34.9 Å². The van der Waals surface area contributed by atoms with Crippen molar-refractivity contribution in [1.29, 1.82) is 0 Å². The Morgan fingerprint density at radius 1 is 1.00 bits per heavy atom. The van der Waals surface area contributed by atoms with Crippen molar-refractivity contribution in [2.24, 2.45) is 0 Å². The van der Waals surface area contributed by atoms with Gasteiger partial charge in [-0.15, -0.1) is 0 Å². The molecule has 2 aromatic carbocycles. The Bertz CT molecular complexity index is 1100. The minimum absolute atomic E-state index is 0.0845. The van der Waals surface area contributed by atoms with Crippen molar-refractivity contribution in [3.63, 3.8) is 0 Å². The third-order valence-corrected chi connectivity index (χ3v) is 5.47. The molecule has 0 spiro atoms. The maximum atomic E-state index is 13.1. The normalized spacial score (nSPS) is 15.7. The number of aromatic nitrogens is 2. The van der Waals surface area contributed by atoms with Crippen LogP contribution in [0.2, 0.25) is 0 Å². The van der Waals surface area contributed by atoms with E-state index in [0.717, 1.165) is 44.0 Å². The highest BCUT2D eigenvalue weighted by atomic mass is 16.5. The highest BCUT2D eigenvalue weighted by Crippen LogP contribution is 2.41. The zero-order valence-corrected chi connectivity index (χ0v) is 16.5. The molecule has 0 saturated carbocycles. The van der Waals surface area contributed by atoms with Crippen LogP contribution in [-0.2, 0) is 4.74 Å². The van der Waals surface area contributed by atoms with Crippen molar-refractivity contribution in [2.75, 3.05) is 45.2 Å². The molecule has 0 unspecified atom stereocenters. The number of nitrogen functional groups attached to an aromatic ring is 1. The minimum Gasteiger partial charge on any atom is -0.492 e. The van der Waals surface area contributed by atoms with Gasteiger partial charge in [-0.2, -0.15) is 0 Å². The quantitative estimate of drug-likeness (QED) is 0.549. The average molecular weight is 402 g/mol. The molecule has 2 aliphatic rings. The highest BCUT2D eigenvalue weighted by Gasteiger charge is 2.33. The van der Waals surface area contributed by atoms with E-state index in [4.69, 9.17) is 15.2 Å². The van der Waals surface area contributed by atoms with E-state index in [1.165, 1.54) is 0 Å². The van der Waals surface area contributed by atoms with Crippen molar-refractivity contribution in [3.05, 3.63) is 59.7 Å². The smallest absolute Gasteiger partial charge is 0.221 e. The molecule has 30 heavy (non-hydrogen) atoms. The Morgan fingerprint density at radius 2 is 1.77 bits per heavy atom. The van der Waals surface area contributed by atoms with Gasteiger partial charge in [0.05, 0.1) is 30.2 Å². The second kappa shape index (κ2) is 7.85. The Hall–Kier alpha value is -3.29. The number of carbonyl (C=O) groups is 1. The van der Waals surface area contributed by atoms with Crippen LogP contribution in [0.15, 0.2) is 48.5 Å². The molecule has 0 amide bonds. The van der Waals surface area contributed by atoms with E-state index in [9.17, 15) is 4.79 Å². The van der Waals surface area contributed by atoms with Crippen LogP contribution in [0.4, 0.5) is 5.95 Å². The van der Waals surface area contributed by atoms with E-state index in [1.54, 1.807) is 6.07 Å². The van der Waals surface area contributed by atoms with Gasteiger partial charge in [0.2, 0.25) is 5.95 Å². The van der Waals surface area contributed by atoms with Gasteiger partial charge in [0.1, 0.15) is 12.4 Å². The molecule has 2 heterocycles. The number of hydrogen-bond acceptors (Lipinski definition) is 7. The molecule has 1 aliphatic heterocycles. The lowest BCUT2D eigenvalue weighted by molar-refractivity contribution is 0.0322. The Morgan fingerprint density at radius 3 is 2.57 bits per heavy atom. The van der Waals surface area contributed by atoms with Crippen molar-refractivity contribution < 1.29 is 14.3 Å². The highest BCUT2D eigenvalue weighted by molar-refractivity contribution is 6.23. The number of ketones is 1. The predicted octanol–water partition coefficient (Wildman–Crippen LogP) is 2.65. The molecule has 5 rings (SSSR count). The number of anilines is 1. The Labute approximate surface area is 174 Å². The van der Waals surface area contributed by atoms with E-state index in [2.05, 4.69) is 14.9 Å². The topological polar surface area (TPSA) is 90.6 Å². The number of benzene rings is 2. The number of nitrogens with zero attached hydrogens (tertiary/aromatic N) is 3. The van der Waals surface area contributed by atoms with Crippen LogP contribution in [0.3, 0.4) is 0 Å². The standard InChI is InChI=1S/C23H22N4O3/c24-23-25-20(15-4-2-1-3-5-15)19-21(26-23)18-14-16(6-7-17(18)22(19)28)30-13-10-27-8-11-29-12-9-27/h1-7,14H,8-13H2,(H2,24,25,26). The summed E-state index contributed by atoms with van der Waals surface area (Å²) in [4.78, 5) is 24.2. The van der Waals surface area contributed by atoms with Crippen molar-refractivity contribution >= 4 is 11.7 Å². The monoisotopic (exact) mass is 402 g/mol. The van der Waals surface area contributed by atoms with Gasteiger partial charge in [0, 0.05) is 36.3 Å². The number of hydrogen-bond donors (Lipinski definition) is 1. The third-order valence-electron chi connectivity index (χ3n) is 5.47. The molecule has 1 saturated heterocycles. The first kappa shape index (κ1) is 18.7. The molecule has 7 heteroatoms. The number of nitrogens with two attached hydrogens (primary N) is 1. The number of carbonyl (C=O) groups excluding carboxylic acids is 1. The fourth-order valence-electron chi connectivity index (χ4n) is 3.95. The molecule has 0 bridgehead atoms. The first-order valence-corrected chi connectivity index (χ1v) is 10.1. The maximum absolute atomic E-state index is 13.1. The lowest BCUT2D eigenvalue weighted by Crippen LogP contribution is -2.38. The average Bonchev–Trinajstić information content (AvgIpc) is 3.06. The van der Waals surface area contributed by atoms with Gasteiger partial charge in [-0.1, -0.05) is 30.3 Å². The summed E-state index contributed by atoms with van der Waals surface area (Å²) >= 11 is 0. The van der Waals surface area contributed by atoms with Crippen molar-refractivity contribution in [1.82, 2.24) is 14.9 Å². The van der Waals surface area contributed by atoms with Crippen molar-refractivity contribution in [3.8, 4) is 28.3 Å². The summed E-state index contributed by atoms with van der Waals surface area (Å²) in [6.45, 7) is 4.79. The molecule has 1 aromatic heterocycles. The fraction of sp³-hybridized carbons (Fsp3) is 0.261. The van der Waals surface area contributed by atoms with Crippen LogP contribution in [0, 0.1) is 0 Å². The van der Waals surface area contributed by atoms with E-state index < -0.39 is 0 Å². The van der Waals surface area contributed by atoms with Gasteiger partial charge in [0.25, 0.3) is 0 Å². The summed E-state index contributed by atoms with van der Waals surface area (Å²) in [5.74, 6) is 0.770. The second-order valence-electron chi connectivity index (χ2n) is 7.36. The van der Waals surface area contributed by atoms with Gasteiger partial charge < -0.3 is 15.2 Å². The molecule has 152 valence electrons. The van der Waals surface area contributed by atoms with Gasteiger partial charge in [-0.3, -0.25) is 9.69 Å². The fourth-order valence-corrected chi connectivity index (χ4v) is 3.95. The van der Waals surface area contributed by atoms with Crippen molar-refractivity contribution in [2.45, 2.75) is 0 Å². The predicted molar refractivity (Wildman–Crippen MR) is 114 cm³/mol. The Balaban J connectivity index is 1.44. The van der Waals surface area contributed by atoms with Crippen LogP contribution in [-0.4, -0.2) is 60.1 Å². The molecular formula is C23H22N4O3. The van der Waals surface area contributed by atoms with Gasteiger partial charge in [-0.25, -0.2) is 9.97 Å². The SMILES string of the molecule is Nc1nc(-c2ccccc2)c2c(n1)-c1cc(OCCN3CCOCC3)ccc1C2=O. The van der Waals surface area contributed by atoms with Crippen LogP contribution in [0.1, 0.15) is 15.9 Å². The van der Waals surface area contributed by atoms with Gasteiger partial charge in [0.15, 0.2) is 5.78 Å². The lowest BCUT2D eigenvalue weighted by atomic mass is 10.0. The first-order valence-electron chi connectivity index (χ1n) is 10.1. The molecule has 0 radical (unpaired) electrons. The van der Waals surface area contributed by atoms with Crippen LogP contribution >= 0.6 is 0 Å². The minimum atomic E-state index is -0.0845. The molecule has 1 aliphatic carbocycles. The molecule has 0 atom stereocenters. The van der Waals surface area contributed by atoms with E-state index in [1.807, 2.05) is 42.5 Å². The molecule has 3 aromatic rings. The number of ether oxygens (including phenoxy) is 2. The molecule has 2 N–H and O–H groups in total. The lowest BCUT2D eigenvalue weighted by Gasteiger charge is -2.26. The summed E-state index contributed by atoms with van der Waals surface area (Å²) in [5.41, 5.74) is 9.80.